The average Bonchev–Trinajstić information content (AvgIpc) is 3.36. The summed E-state index contributed by atoms with van der Waals surface area (Å²) in [6.07, 6.45) is 5.46. The lowest BCUT2D eigenvalue weighted by Crippen LogP contribution is -2.48. The SMILES string of the molecule is Cc1occc1C(=O)NCC(=O)N1CCC[C@@H](C(=O)NCC2CC2)C1. The van der Waals surface area contributed by atoms with Crippen LogP contribution in [0.3, 0.4) is 0 Å². The summed E-state index contributed by atoms with van der Waals surface area (Å²) in [7, 11) is 0. The molecule has 0 bridgehead atoms. The number of likely N-dealkylation sites (tertiary alicyclic amines) is 1. The molecular weight excluding hydrogens is 322 g/mol. The van der Waals surface area contributed by atoms with Gasteiger partial charge < -0.3 is 20.0 Å². The predicted octanol–water partition coefficient (Wildman–Crippen LogP) is 1.08. The number of nitrogens with one attached hydrogen (secondary N) is 2. The van der Waals surface area contributed by atoms with Crippen molar-refractivity contribution in [2.45, 2.75) is 32.6 Å². The number of aryl methyl sites for hydroxylation is 1. The highest BCUT2D eigenvalue weighted by Crippen LogP contribution is 2.28. The van der Waals surface area contributed by atoms with Gasteiger partial charge in [0.25, 0.3) is 5.91 Å². The van der Waals surface area contributed by atoms with E-state index in [0.717, 1.165) is 19.4 Å². The molecule has 1 aliphatic heterocycles. The number of carbonyl (C=O) groups is 3. The van der Waals surface area contributed by atoms with E-state index in [4.69, 9.17) is 4.42 Å². The third-order valence-electron chi connectivity index (χ3n) is 4.91. The van der Waals surface area contributed by atoms with Crippen molar-refractivity contribution in [3.63, 3.8) is 0 Å². The van der Waals surface area contributed by atoms with E-state index in [-0.39, 0.29) is 30.2 Å². The summed E-state index contributed by atoms with van der Waals surface area (Å²) < 4.78 is 5.09. The van der Waals surface area contributed by atoms with Crippen LogP contribution in [0.15, 0.2) is 16.7 Å². The molecule has 7 nitrogen and oxygen atoms in total. The number of carbonyl (C=O) groups excluding carboxylic acids is 3. The van der Waals surface area contributed by atoms with Crippen LogP contribution in [-0.2, 0) is 9.59 Å². The van der Waals surface area contributed by atoms with Crippen LogP contribution < -0.4 is 10.6 Å². The first kappa shape index (κ1) is 17.5. The van der Waals surface area contributed by atoms with Gasteiger partial charge in [0.1, 0.15) is 5.76 Å². The zero-order valence-electron chi connectivity index (χ0n) is 14.5. The van der Waals surface area contributed by atoms with Crippen LogP contribution in [0.2, 0.25) is 0 Å². The van der Waals surface area contributed by atoms with Gasteiger partial charge in [-0.05, 0) is 44.6 Å². The van der Waals surface area contributed by atoms with Gasteiger partial charge in [0.15, 0.2) is 0 Å². The molecule has 0 aromatic carbocycles. The van der Waals surface area contributed by atoms with Crippen molar-refractivity contribution in [3.05, 3.63) is 23.7 Å². The molecule has 2 aliphatic rings. The second-order valence-electron chi connectivity index (χ2n) is 6.94. The molecule has 1 aromatic rings. The number of nitrogens with zero attached hydrogens (tertiary/aromatic N) is 1. The Morgan fingerprint density at radius 2 is 2.04 bits per heavy atom. The average molecular weight is 347 g/mol. The first-order valence-electron chi connectivity index (χ1n) is 8.92. The largest absolute Gasteiger partial charge is 0.469 e. The minimum Gasteiger partial charge on any atom is -0.469 e. The standard InChI is InChI=1S/C18H25N3O4/c1-12-15(6-8-25-12)18(24)20-10-16(22)21-7-2-3-14(11-21)17(23)19-9-13-4-5-13/h6,8,13-14H,2-5,7,9-11H2,1H3,(H,19,23)(H,20,24)/t14-/m1/s1. The van der Waals surface area contributed by atoms with Crippen LogP contribution in [0, 0.1) is 18.8 Å². The molecular formula is C18H25N3O4. The van der Waals surface area contributed by atoms with Crippen LogP contribution in [0.25, 0.3) is 0 Å². The minimum atomic E-state index is -0.324. The highest BCUT2D eigenvalue weighted by molar-refractivity contribution is 5.97. The Morgan fingerprint density at radius 3 is 2.72 bits per heavy atom. The van der Waals surface area contributed by atoms with Gasteiger partial charge in [0.2, 0.25) is 11.8 Å². The Labute approximate surface area is 147 Å². The third-order valence-corrected chi connectivity index (χ3v) is 4.91. The van der Waals surface area contributed by atoms with E-state index in [2.05, 4.69) is 10.6 Å². The van der Waals surface area contributed by atoms with Crippen LogP contribution in [0.4, 0.5) is 0 Å². The maximum Gasteiger partial charge on any atom is 0.255 e. The number of rotatable bonds is 6. The highest BCUT2D eigenvalue weighted by Gasteiger charge is 2.30. The van der Waals surface area contributed by atoms with Crippen molar-refractivity contribution in [1.82, 2.24) is 15.5 Å². The van der Waals surface area contributed by atoms with Crippen molar-refractivity contribution in [1.29, 1.82) is 0 Å². The topological polar surface area (TPSA) is 91.7 Å². The second-order valence-corrected chi connectivity index (χ2v) is 6.94. The quantitative estimate of drug-likeness (QED) is 0.806. The summed E-state index contributed by atoms with van der Waals surface area (Å²) in [6, 6.07) is 1.58. The lowest BCUT2D eigenvalue weighted by molar-refractivity contribution is -0.134. The van der Waals surface area contributed by atoms with E-state index in [1.165, 1.54) is 19.1 Å². The molecule has 0 unspecified atom stereocenters. The molecule has 25 heavy (non-hydrogen) atoms. The zero-order chi connectivity index (χ0) is 17.8. The molecule has 0 spiro atoms. The van der Waals surface area contributed by atoms with Crippen LogP contribution in [0.1, 0.15) is 41.8 Å². The van der Waals surface area contributed by atoms with Gasteiger partial charge in [0, 0.05) is 19.6 Å². The van der Waals surface area contributed by atoms with Gasteiger partial charge in [-0.3, -0.25) is 14.4 Å². The molecule has 1 saturated heterocycles. The van der Waals surface area contributed by atoms with Gasteiger partial charge >= 0.3 is 0 Å². The van der Waals surface area contributed by atoms with Crippen LogP contribution in [-0.4, -0.2) is 48.8 Å². The molecule has 1 aliphatic carbocycles. The molecule has 2 fully saturated rings. The van der Waals surface area contributed by atoms with Crippen molar-refractivity contribution < 1.29 is 18.8 Å². The molecule has 1 aromatic heterocycles. The number of hydrogen-bond acceptors (Lipinski definition) is 4. The molecule has 0 radical (unpaired) electrons. The maximum atomic E-state index is 12.4. The number of furan rings is 1. The Kier molecular flexibility index (Phi) is 5.40. The van der Waals surface area contributed by atoms with Gasteiger partial charge in [-0.15, -0.1) is 0 Å². The molecule has 136 valence electrons. The third kappa shape index (κ3) is 4.61. The molecule has 2 N–H and O–H groups in total. The fourth-order valence-corrected chi connectivity index (χ4v) is 3.11. The molecule has 2 heterocycles. The van der Waals surface area contributed by atoms with Crippen molar-refractivity contribution >= 4 is 17.7 Å². The first-order chi connectivity index (χ1) is 12.0. The monoisotopic (exact) mass is 347 g/mol. The molecule has 1 atom stereocenters. The lowest BCUT2D eigenvalue weighted by atomic mass is 9.97. The van der Waals surface area contributed by atoms with E-state index in [9.17, 15) is 14.4 Å². The van der Waals surface area contributed by atoms with E-state index in [1.54, 1.807) is 17.9 Å². The van der Waals surface area contributed by atoms with Gasteiger partial charge in [0.05, 0.1) is 24.3 Å². The summed E-state index contributed by atoms with van der Waals surface area (Å²) >= 11 is 0. The van der Waals surface area contributed by atoms with Crippen LogP contribution >= 0.6 is 0 Å². The van der Waals surface area contributed by atoms with Crippen LogP contribution in [0.5, 0.6) is 0 Å². The molecule has 3 amide bonds. The summed E-state index contributed by atoms with van der Waals surface area (Å²) in [5, 5.41) is 5.62. The van der Waals surface area contributed by atoms with E-state index < -0.39 is 0 Å². The summed E-state index contributed by atoms with van der Waals surface area (Å²) in [4.78, 5) is 38.3. The Balaban J connectivity index is 1.45. The predicted molar refractivity (Wildman–Crippen MR) is 90.8 cm³/mol. The fraction of sp³-hybridized carbons (Fsp3) is 0.611. The fourth-order valence-electron chi connectivity index (χ4n) is 3.11. The second kappa shape index (κ2) is 7.72. The molecule has 7 heteroatoms. The molecule has 3 rings (SSSR count). The molecule has 1 saturated carbocycles. The van der Waals surface area contributed by atoms with Crippen molar-refractivity contribution in [2.24, 2.45) is 11.8 Å². The van der Waals surface area contributed by atoms with E-state index >= 15 is 0 Å². The smallest absolute Gasteiger partial charge is 0.255 e. The normalized spacial score (nSPS) is 20.2. The summed E-state index contributed by atoms with van der Waals surface area (Å²) in [5.41, 5.74) is 0.434. The first-order valence-corrected chi connectivity index (χ1v) is 8.92. The number of hydrogen-bond donors (Lipinski definition) is 2. The summed E-state index contributed by atoms with van der Waals surface area (Å²) in [5.74, 6) is 0.581. The zero-order valence-corrected chi connectivity index (χ0v) is 14.5. The Bertz CT molecular complexity index is 651. The Morgan fingerprint density at radius 1 is 1.24 bits per heavy atom. The minimum absolute atomic E-state index is 0.0439. The van der Waals surface area contributed by atoms with Crippen molar-refractivity contribution in [2.75, 3.05) is 26.2 Å². The van der Waals surface area contributed by atoms with Gasteiger partial charge in [-0.1, -0.05) is 0 Å². The number of piperidine rings is 1. The maximum absolute atomic E-state index is 12.4. The lowest BCUT2D eigenvalue weighted by Gasteiger charge is -2.32. The van der Waals surface area contributed by atoms with Gasteiger partial charge in [-0.2, -0.15) is 0 Å². The van der Waals surface area contributed by atoms with E-state index in [0.29, 0.717) is 30.3 Å². The van der Waals surface area contributed by atoms with E-state index in [1.807, 2.05) is 0 Å². The van der Waals surface area contributed by atoms with Gasteiger partial charge in [-0.25, -0.2) is 0 Å². The highest BCUT2D eigenvalue weighted by atomic mass is 16.3. The Hall–Kier alpha value is -2.31. The number of amides is 3. The van der Waals surface area contributed by atoms with Crippen molar-refractivity contribution in [3.8, 4) is 0 Å². The summed E-state index contributed by atoms with van der Waals surface area (Å²) in [6.45, 7) is 3.44.